The van der Waals surface area contributed by atoms with Gasteiger partial charge in [0.2, 0.25) is 0 Å². The highest BCUT2D eigenvalue weighted by atomic mass is 35.5. The Morgan fingerprint density at radius 2 is 2.32 bits per heavy atom. The van der Waals surface area contributed by atoms with Crippen LogP contribution in [0.1, 0.15) is 11.1 Å². The average Bonchev–Trinajstić information content (AvgIpc) is 2.53. The van der Waals surface area contributed by atoms with Crippen molar-refractivity contribution in [3.63, 3.8) is 0 Å². The summed E-state index contributed by atoms with van der Waals surface area (Å²) in [6.07, 6.45) is 1.65. The monoisotopic (exact) mass is 338 g/mol. The van der Waals surface area contributed by atoms with E-state index in [-0.39, 0.29) is 12.5 Å². The first kappa shape index (κ1) is 15.1. The Balaban J connectivity index is 1.90. The van der Waals surface area contributed by atoms with Crippen LogP contribution in [0.25, 0.3) is 0 Å². The van der Waals surface area contributed by atoms with Crippen molar-refractivity contribution < 1.29 is 14.4 Å². The maximum Gasteiger partial charge on any atom is 0.270 e. The number of nitrogens with zero attached hydrogens (tertiary/aromatic N) is 2. The van der Waals surface area contributed by atoms with Crippen LogP contribution in [-0.2, 0) is 17.1 Å². The van der Waals surface area contributed by atoms with Crippen LogP contribution in [0, 0.1) is 10.1 Å². The number of benzene rings is 1. The van der Waals surface area contributed by atoms with Gasteiger partial charge in [-0.05, 0) is 12.1 Å². The van der Waals surface area contributed by atoms with E-state index in [1.165, 1.54) is 23.9 Å². The van der Waals surface area contributed by atoms with E-state index in [0.29, 0.717) is 33.7 Å². The summed E-state index contributed by atoms with van der Waals surface area (Å²) < 4.78 is 10.7. The van der Waals surface area contributed by atoms with Gasteiger partial charge in [0.25, 0.3) is 5.69 Å². The molecule has 8 heteroatoms. The second-order valence-corrected chi connectivity index (χ2v) is 5.91. The molecule has 0 radical (unpaired) electrons. The molecule has 1 aliphatic rings. The molecule has 1 aromatic heterocycles. The van der Waals surface area contributed by atoms with Crippen molar-refractivity contribution in [3.05, 3.63) is 56.7 Å². The zero-order valence-corrected chi connectivity index (χ0v) is 12.9. The summed E-state index contributed by atoms with van der Waals surface area (Å²) in [5.41, 5.74) is 1.44. The molecule has 6 nitrogen and oxygen atoms in total. The summed E-state index contributed by atoms with van der Waals surface area (Å²) in [7, 11) is 0. The molecule has 0 amide bonds. The molecule has 1 aromatic carbocycles. The number of nitro groups is 1. The smallest absolute Gasteiger partial charge is 0.270 e. The number of hydrogen-bond acceptors (Lipinski definition) is 6. The second kappa shape index (κ2) is 6.51. The van der Waals surface area contributed by atoms with E-state index in [4.69, 9.17) is 21.1 Å². The Hall–Kier alpha value is -1.83. The van der Waals surface area contributed by atoms with Crippen molar-refractivity contribution in [2.24, 2.45) is 0 Å². The number of hydrogen-bond donors (Lipinski definition) is 0. The zero-order chi connectivity index (χ0) is 15.5. The van der Waals surface area contributed by atoms with Gasteiger partial charge in [-0.15, -0.1) is 11.8 Å². The second-order valence-electron chi connectivity index (χ2n) is 4.54. The fourth-order valence-corrected chi connectivity index (χ4v) is 3.25. The third-order valence-corrected chi connectivity index (χ3v) is 4.54. The lowest BCUT2D eigenvalue weighted by Crippen LogP contribution is -2.13. The maximum absolute atomic E-state index is 11.1. The molecule has 0 bridgehead atoms. The Labute approximate surface area is 135 Å². The first-order valence-electron chi connectivity index (χ1n) is 6.39. The van der Waals surface area contributed by atoms with Gasteiger partial charge in [0, 0.05) is 35.2 Å². The first-order chi connectivity index (χ1) is 10.6. The van der Waals surface area contributed by atoms with Crippen LogP contribution < -0.4 is 4.74 Å². The van der Waals surface area contributed by atoms with Gasteiger partial charge in [0.05, 0.1) is 16.6 Å². The highest BCUT2D eigenvalue weighted by Crippen LogP contribution is 2.37. The number of fused-ring (bicyclic) bond motifs is 1. The summed E-state index contributed by atoms with van der Waals surface area (Å²) in [5, 5.41) is 12.3. The van der Waals surface area contributed by atoms with Crippen molar-refractivity contribution in [3.8, 4) is 5.75 Å². The normalized spacial score (nSPS) is 13.3. The molecule has 0 saturated carbocycles. The Kier molecular flexibility index (Phi) is 4.47. The predicted octanol–water partition coefficient (Wildman–Crippen LogP) is 3.80. The van der Waals surface area contributed by atoms with Crippen LogP contribution in [-0.4, -0.2) is 16.7 Å². The SMILES string of the molecule is O=[N+]([O-])c1cc2c(c(CSc3ncccc3Cl)c1)OCOC2. The highest BCUT2D eigenvalue weighted by Gasteiger charge is 2.21. The van der Waals surface area contributed by atoms with Crippen LogP contribution in [0.4, 0.5) is 5.69 Å². The Morgan fingerprint density at radius 3 is 3.09 bits per heavy atom. The minimum Gasteiger partial charge on any atom is -0.467 e. The number of halogens is 1. The third kappa shape index (κ3) is 3.16. The minimum absolute atomic E-state index is 0.0237. The molecule has 0 fully saturated rings. The van der Waals surface area contributed by atoms with Crippen molar-refractivity contribution in [1.82, 2.24) is 4.98 Å². The number of thioether (sulfide) groups is 1. The van der Waals surface area contributed by atoms with E-state index in [2.05, 4.69) is 4.98 Å². The number of rotatable bonds is 4. The van der Waals surface area contributed by atoms with Gasteiger partial charge in [-0.3, -0.25) is 10.1 Å². The van der Waals surface area contributed by atoms with Crippen LogP contribution in [0.5, 0.6) is 5.75 Å². The molecule has 0 N–H and O–H groups in total. The minimum atomic E-state index is -0.420. The van der Waals surface area contributed by atoms with E-state index in [1.54, 1.807) is 18.3 Å². The molecule has 2 heterocycles. The van der Waals surface area contributed by atoms with Gasteiger partial charge in [0.15, 0.2) is 6.79 Å². The van der Waals surface area contributed by atoms with Gasteiger partial charge in [0.1, 0.15) is 10.8 Å². The van der Waals surface area contributed by atoms with Gasteiger partial charge >= 0.3 is 0 Å². The van der Waals surface area contributed by atoms with E-state index < -0.39 is 4.92 Å². The summed E-state index contributed by atoms with van der Waals surface area (Å²) >= 11 is 7.48. The molecule has 0 unspecified atom stereocenters. The molecule has 0 saturated heterocycles. The summed E-state index contributed by atoms with van der Waals surface area (Å²) in [6, 6.07) is 6.51. The van der Waals surface area contributed by atoms with E-state index >= 15 is 0 Å². The molecule has 22 heavy (non-hydrogen) atoms. The van der Waals surface area contributed by atoms with E-state index in [9.17, 15) is 10.1 Å². The van der Waals surface area contributed by atoms with Gasteiger partial charge in [-0.1, -0.05) is 11.6 Å². The molecular weight excluding hydrogens is 328 g/mol. The first-order valence-corrected chi connectivity index (χ1v) is 7.75. The van der Waals surface area contributed by atoms with Crippen molar-refractivity contribution in [2.45, 2.75) is 17.4 Å². The predicted molar refractivity (Wildman–Crippen MR) is 82.2 cm³/mol. The fourth-order valence-electron chi connectivity index (χ4n) is 2.12. The number of pyridine rings is 1. The molecule has 0 aliphatic carbocycles. The molecule has 1 aliphatic heterocycles. The van der Waals surface area contributed by atoms with Crippen molar-refractivity contribution >= 4 is 29.1 Å². The largest absolute Gasteiger partial charge is 0.467 e. The number of non-ortho nitro benzene ring substituents is 1. The van der Waals surface area contributed by atoms with Gasteiger partial charge in [-0.25, -0.2) is 4.98 Å². The number of aromatic nitrogens is 1. The lowest BCUT2D eigenvalue weighted by Gasteiger charge is -2.20. The molecule has 2 aromatic rings. The van der Waals surface area contributed by atoms with Gasteiger partial charge in [-0.2, -0.15) is 0 Å². The highest BCUT2D eigenvalue weighted by molar-refractivity contribution is 7.98. The topological polar surface area (TPSA) is 74.5 Å². The summed E-state index contributed by atoms with van der Waals surface area (Å²) in [4.78, 5) is 14.8. The lowest BCUT2D eigenvalue weighted by molar-refractivity contribution is -0.385. The Morgan fingerprint density at radius 1 is 1.45 bits per heavy atom. The van der Waals surface area contributed by atoms with Crippen LogP contribution in [0.2, 0.25) is 5.02 Å². The molecule has 0 atom stereocenters. The Bertz CT molecular complexity index is 726. The average molecular weight is 339 g/mol. The van der Waals surface area contributed by atoms with Crippen LogP contribution in [0.3, 0.4) is 0 Å². The zero-order valence-electron chi connectivity index (χ0n) is 11.3. The lowest BCUT2D eigenvalue weighted by atomic mass is 10.1. The number of ether oxygens (including phenoxy) is 2. The molecule has 3 rings (SSSR count). The third-order valence-electron chi connectivity index (χ3n) is 3.07. The summed E-state index contributed by atoms with van der Waals surface area (Å²) in [6.45, 7) is 0.450. The van der Waals surface area contributed by atoms with Crippen LogP contribution in [0.15, 0.2) is 35.5 Å². The molecule has 0 spiro atoms. The van der Waals surface area contributed by atoms with E-state index in [1.807, 2.05) is 0 Å². The van der Waals surface area contributed by atoms with Crippen molar-refractivity contribution in [2.75, 3.05) is 6.79 Å². The quantitative estimate of drug-likeness (QED) is 0.479. The summed E-state index contributed by atoms with van der Waals surface area (Å²) in [5.74, 6) is 1.12. The molecular formula is C14H11ClN2O4S. The van der Waals surface area contributed by atoms with Gasteiger partial charge < -0.3 is 9.47 Å². The molecule has 114 valence electrons. The fraction of sp³-hybridized carbons (Fsp3) is 0.214. The number of nitro benzene ring substituents is 1. The van der Waals surface area contributed by atoms with E-state index in [0.717, 1.165) is 5.56 Å². The standard InChI is InChI=1S/C14H11ClN2O4S/c15-12-2-1-3-16-14(12)22-7-10-5-11(17(18)19)4-9-6-20-8-21-13(9)10/h1-5H,6-8H2. The van der Waals surface area contributed by atoms with Crippen LogP contribution >= 0.6 is 23.4 Å². The van der Waals surface area contributed by atoms with Crippen molar-refractivity contribution in [1.29, 1.82) is 0 Å². The maximum atomic E-state index is 11.1.